The van der Waals surface area contributed by atoms with Crippen molar-refractivity contribution in [3.8, 4) is 0 Å². The van der Waals surface area contributed by atoms with E-state index in [-0.39, 0.29) is 0 Å². The van der Waals surface area contributed by atoms with E-state index in [4.69, 9.17) is 10.3 Å². The van der Waals surface area contributed by atoms with Gasteiger partial charge in [-0.2, -0.15) is 0 Å². The van der Waals surface area contributed by atoms with Crippen LogP contribution in [0.25, 0.3) is 0 Å². The Balaban J connectivity index is 1.74. The summed E-state index contributed by atoms with van der Waals surface area (Å²) in [5, 5.41) is 2.25. The lowest BCUT2D eigenvalue weighted by atomic mass is 10.0. The molecule has 0 bridgehead atoms. The second-order valence-electron chi connectivity index (χ2n) is 6.85. The Morgan fingerprint density at radius 2 is 2.04 bits per heavy atom. The van der Waals surface area contributed by atoms with E-state index in [0.29, 0.717) is 5.56 Å². The Kier molecular flexibility index (Phi) is 4.96. The van der Waals surface area contributed by atoms with Crippen molar-refractivity contribution in [2.45, 2.75) is 41.8 Å². The molecule has 3 unspecified atom stereocenters. The van der Waals surface area contributed by atoms with Crippen LogP contribution in [0.2, 0.25) is 0 Å². The lowest BCUT2D eigenvalue weighted by Crippen LogP contribution is -2.69. The molecule has 5 atom stereocenters. The van der Waals surface area contributed by atoms with Gasteiger partial charge in [-0.15, -0.1) is 11.8 Å². The predicted molar refractivity (Wildman–Crippen MR) is 98.2 cm³/mol. The number of fused-ring (bicyclic) bond motifs is 1. The fraction of sp³-hybridized carbons (Fsp3) is 0.500. The first kappa shape index (κ1) is 19.4. The first-order valence-electron chi connectivity index (χ1n) is 8.09. The summed E-state index contributed by atoms with van der Waals surface area (Å²) in [6, 6.07) is 7.19. The highest BCUT2D eigenvalue weighted by molar-refractivity contribution is 8.02. The molecule has 2 aliphatic heterocycles. The van der Waals surface area contributed by atoms with Crippen molar-refractivity contribution < 1.29 is 23.6 Å². The highest BCUT2D eigenvalue weighted by Gasteiger charge is 2.67. The zero-order valence-electron chi connectivity index (χ0n) is 14.7. The van der Waals surface area contributed by atoms with E-state index < -0.39 is 47.4 Å². The van der Waals surface area contributed by atoms with Gasteiger partial charge >= 0.3 is 7.60 Å². The highest BCUT2D eigenvalue weighted by Crippen LogP contribution is 2.64. The van der Waals surface area contributed by atoms with E-state index in [1.807, 2.05) is 6.07 Å². The molecule has 1 aromatic rings. The van der Waals surface area contributed by atoms with Gasteiger partial charge in [0.1, 0.15) is 23.2 Å². The van der Waals surface area contributed by atoms with Crippen LogP contribution in [0, 0.1) is 0 Å². The maximum atomic E-state index is 12.6. The lowest BCUT2D eigenvalue weighted by Gasteiger charge is -2.45. The van der Waals surface area contributed by atoms with Crippen molar-refractivity contribution >= 4 is 31.2 Å². The van der Waals surface area contributed by atoms with Gasteiger partial charge in [0.25, 0.3) is 0 Å². The van der Waals surface area contributed by atoms with Crippen molar-refractivity contribution in [1.82, 2.24) is 10.2 Å². The van der Waals surface area contributed by atoms with Crippen molar-refractivity contribution in [2.24, 2.45) is 5.73 Å². The normalized spacial score (nSPS) is 30.1. The molecule has 26 heavy (non-hydrogen) atoms. The Labute approximate surface area is 156 Å². The number of rotatable bonds is 5. The molecule has 2 amide bonds. The minimum atomic E-state index is -4.00. The molecular weight excluding hydrogens is 377 g/mol. The van der Waals surface area contributed by atoms with Crippen LogP contribution in [0.15, 0.2) is 30.3 Å². The molecule has 8 nitrogen and oxygen atoms in total. The summed E-state index contributed by atoms with van der Waals surface area (Å²) in [5.74, 6) is -1.83. The van der Waals surface area contributed by atoms with E-state index in [2.05, 4.69) is 5.32 Å². The van der Waals surface area contributed by atoms with Gasteiger partial charge in [-0.1, -0.05) is 30.3 Å². The number of nitrogens with zero attached hydrogens (tertiary/aromatic N) is 1. The van der Waals surface area contributed by atoms with Crippen LogP contribution in [0.4, 0.5) is 0 Å². The van der Waals surface area contributed by atoms with E-state index in [0.717, 1.165) is 7.11 Å². The van der Waals surface area contributed by atoms with Crippen LogP contribution >= 0.6 is 19.4 Å². The minimum absolute atomic E-state index is 0.405. The second kappa shape index (κ2) is 6.65. The molecule has 0 saturated carbocycles. The summed E-state index contributed by atoms with van der Waals surface area (Å²) >= 11 is 1.37. The van der Waals surface area contributed by atoms with Crippen LogP contribution in [0.1, 0.15) is 25.5 Å². The molecule has 4 N–H and O–H groups in total. The fourth-order valence-electron chi connectivity index (χ4n) is 3.42. The number of nitrogens with two attached hydrogens (primary N) is 1. The number of β-lactam (4-membered cyclic amide) rings is 1. The summed E-state index contributed by atoms with van der Waals surface area (Å²) < 4.78 is 16.5. The van der Waals surface area contributed by atoms with Crippen LogP contribution in [-0.2, 0) is 18.7 Å². The number of benzene rings is 1. The molecule has 2 saturated heterocycles. The van der Waals surface area contributed by atoms with Crippen molar-refractivity contribution in [2.75, 3.05) is 7.11 Å². The molecule has 2 heterocycles. The number of hydrogen-bond donors (Lipinski definition) is 3. The third kappa shape index (κ3) is 3.08. The standard InChI is InChI=1S/C16H22N3O5PS/c1-16(2)15(25(22,23)24-3)19-13(21)11(14(19)26-16)18-12(20)10(17)9-7-5-4-6-8-9/h4-8,10-11,14-15H,17H2,1-3H3,(H,18,20)(H,22,23)/t10-,11?,14-,15?/m1/s1. The lowest BCUT2D eigenvalue weighted by molar-refractivity contribution is -0.149. The molecule has 0 radical (unpaired) electrons. The van der Waals surface area contributed by atoms with Gasteiger partial charge < -0.3 is 25.4 Å². The van der Waals surface area contributed by atoms with Crippen LogP contribution in [0.3, 0.4) is 0 Å². The molecular formula is C16H22N3O5PS. The summed E-state index contributed by atoms with van der Waals surface area (Å²) in [6.45, 7) is 3.56. The van der Waals surface area contributed by atoms with E-state index >= 15 is 0 Å². The van der Waals surface area contributed by atoms with E-state index in [1.54, 1.807) is 38.1 Å². The summed E-state index contributed by atoms with van der Waals surface area (Å²) in [4.78, 5) is 36.5. The first-order valence-corrected chi connectivity index (χ1v) is 10.6. The minimum Gasteiger partial charge on any atom is -0.340 e. The maximum Gasteiger partial charge on any atom is 0.351 e. The van der Waals surface area contributed by atoms with Crippen molar-refractivity contribution in [3.63, 3.8) is 0 Å². The topological polar surface area (TPSA) is 122 Å². The molecule has 0 aromatic heterocycles. The third-order valence-corrected chi connectivity index (χ3v) is 8.48. The fourth-order valence-corrected chi connectivity index (χ4v) is 7.16. The summed E-state index contributed by atoms with van der Waals surface area (Å²) in [5.41, 5.74) is 6.61. The SMILES string of the molecule is COP(=O)(O)C1N2C(=O)C(NC(=O)[C@H](N)c3ccccc3)[C@H]2SC1(C)C. The van der Waals surface area contributed by atoms with Gasteiger partial charge in [-0.05, 0) is 19.4 Å². The smallest absolute Gasteiger partial charge is 0.340 e. The predicted octanol–water partition coefficient (Wildman–Crippen LogP) is 1.02. The van der Waals surface area contributed by atoms with Gasteiger partial charge in [-0.25, -0.2) is 0 Å². The van der Waals surface area contributed by atoms with Gasteiger partial charge in [0.2, 0.25) is 11.8 Å². The first-order chi connectivity index (χ1) is 12.1. The molecule has 10 heteroatoms. The third-order valence-electron chi connectivity index (χ3n) is 4.70. The average Bonchev–Trinajstić information content (AvgIpc) is 2.88. The van der Waals surface area contributed by atoms with Gasteiger partial charge in [-0.3, -0.25) is 14.2 Å². The molecule has 0 spiro atoms. The largest absolute Gasteiger partial charge is 0.351 e. The molecule has 2 fully saturated rings. The zero-order chi connectivity index (χ0) is 19.3. The number of amides is 2. The maximum absolute atomic E-state index is 12.6. The Bertz CT molecular complexity index is 774. The number of thioether (sulfide) groups is 1. The van der Waals surface area contributed by atoms with Crippen molar-refractivity contribution in [1.29, 1.82) is 0 Å². The monoisotopic (exact) mass is 399 g/mol. The molecule has 3 rings (SSSR count). The number of hydrogen-bond acceptors (Lipinski definition) is 6. The second-order valence-corrected chi connectivity index (χ2v) is 10.6. The van der Waals surface area contributed by atoms with E-state index in [1.165, 1.54) is 16.7 Å². The number of carbonyl (C=O) groups excluding carboxylic acids is 2. The zero-order valence-corrected chi connectivity index (χ0v) is 16.4. The van der Waals surface area contributed by atoms with Gasteiger partial charge in [0, 0.05) is 11.9 Å². The van der Waals surface area contributed by atoms with Gasteiger partial charge in [0.15, 0.2) is 0 Å². The Morgan fingerprint density at radius 3 is 2.62 bits per heavy atom. The van der Waals surface area contributed by atoms with Crippen LogP contribution in [-0.4, -0.2) is 50.7 Å². The van der Waals surface area contributed by atoms with Crippen LogP contribution in [0.5, 0.6) is 0 Å². The average molecular weight is 399 g/mol. The quantitative estimate of drug-likeness (QED) is 0.499. The molecule has 1 aromatic carbocycles. The van der Waals surface area contributed by atoms with Gasteiger partial charge in [0.05, 0.1) is 0 Å². The van der Waals surface area contributed by atoms with Crippen LogP contribution < -0.4 is 11.1 Å². The molecule has 0 aliphatic carbocycles. The molecule has 2 aliphatic rings. The Hall–Kier alpha value is -1.38. The number of carbonyl (C=O) groups is 2. The highest BCUT2D eigenvalue weighted by atomic mass is 32.2. The van der Waals surface area contributed by atoms with E-state index in [9.17, 15) is 19.0 Å². The molecule has 142 valence electrons. The summed E-state index contributed by atoms with van der Waals surface area (Å²) in [6.07, 6.45) is 0. The van der Waals surface area contributed by atoms with Crippen molar-refractivity contribution in [3.05, 3.63) is 35.9 Å². The summed E-state index contributed by atoms with van der Waals surface area (Å²) in [7, 11) is -2.85. The number of nitrogens with one attached hydrogen (secondary N) is 1. The Morgan fingerprint density at radius 1 is 1.42 bits per heavy atom.